The number of rotatable bonds is 3. The first-order chi connectivity index (χ1) is 13.4. The van der Waals surface area contributed by atoms with Crippen molar-refractivity contribution in [3.05, 3.63) is 76.8 Å². The van der Waals surface area contributed by atoms with Crippen LogP contribution in [0.15, 0.2) is 66.7 Å². The van der Waals surface area contributed by atoms with Gasteiger partial charge >= 0.3 is 0 Å². The second-order valence-corrected chi connectivity index (χ2v) is 7.19. The summed E-state index contributed by atoms with van der Waals surface area (Å²) in [4.78, 5) is 3.32. The molecule has 0 fully saturated rings. The molecule has 0 atom stereocenters. The van der Waals surface area contributed by atoms with Crippen LogP contribution in [0.5, 0.6) is 17.2 Å². The fraction of sp³-hybridized carbons (Fsp3) is 0. The first-order valence-electron chi connectivity index (χ1n) is 8.42. The molecule has 0 aliphatic heterocycles. The van der Waals surface area contributed by atoms with Crippen molar-refractivity contribution in [2.45, 2.75) is 0 Å². The second-order valence-electron chi connectivity index (χ2n) is 6.34. The Morgan fingerprint density at radius 3 is 2.00 bits per heavy atom. The maximum absolute atomic E-state index is 10.4. The van der Waals surface area contributed by atoms with E-state index in [1.807, 2.05) is 6.07 Å². The summed E-state index contributed by atoms with van der Waals surface area (Å²) in [6.45, 7) is 0. The van der Waals surface area contributed by atoms with Crippen LogP contribution in [0.4, 0.5) is 0 Å². The SMILES string of the molecule is Oc1ccc(-c2cc(-c3ccc(O)cc3Cl)[nH]c2-c2ccc(Cl)cc2O)cc1. The van der Waals surface area contributed by atoms with Crippen LogP contribution in [0, 0.1) is 0 Å². The average Bonchev–Trinajstić information content (AvgIpc) is 3.07. The Kier molecular flexibility index (Phi) is 4.67. The lowest BCUT2D eigenvalue weighted by atomic mass is 10.0. The highest BCUT2D eigenvalue weighted by molar-refractivity contribution is 6.33. The largest absolute Gasteiger partial charge is 0.508 e. The van der Waals surface area contributed by atoms with Crippen molar-refractivity contribution in [3.63, 3.8) is 0 Å². The Labute approximate surface area is 171 Å². The van der Waals surface area contributed by atoms with E-state index in [1.165, 1.54) is 12.1 Å². The minimum Gasteiger partial charge on any atom is -0.508 e. The molecule has 0 saturated carbocycles. The van der Waals surface area contributed by atoms with E-state index in [0.717, 1.165) is 16.8 Å². The predicted octanol–water partition coefficient (Wildman–Crippen LogP) is 6.44. The van der Waals surface area contributed by atoms with Crippen LogP contribution >= 0.6 is 23.2 Å². The smallest absolute Gasteiger partial charge is 0.126 e. The number of hydrogen-bond acceptors (Lipinski definition) is 3. The normalized spacial score (nSPS) is 10.9. The molecule has 1 heterocycles. The van der Waals surface area contributed by atoms with Crippen LogP contribution in [0.3, 0.4) is 0 Å². The number of phenolic OH excluding ortho intramolecular Hbond substituents is 3. The molecule has 0 radical (unpaired) electrons. The van der Waals surface area contributed by atoms with E-state index >= 15 is 0 Å². The molecule has 0 aliphatic rings. The third kappa shape index (κ3) is 3.40. The van der Waals surface area contributed by atoms with E-state index in [9.17, 15) is 15.3 Å². The van der Waals surface area contributed by atoms with E-state index in [0.29, 0.717) is 26.9 Å². The van der Waals surface area contributed by atoms with Gasteiger partial charge in [-0.15, -0.1) is 0 Å². The van der Waals surface area contributed by atoms with Crippen molar-refractivity contribution < 1.29 is 15.3 Å². The van der Waals surface area contributed by atoms with Gasteiger partial charge in [-0.05, 0) is 60.2 Å². The van der Waals surface area contributed by atoms with Crippen molar-refractivity contribution in [1.82, 2.24) is 4.98 Å². The number of aromatic nitrogens is 1. The summed E-state index contributed by atoms with van der Waals surface area (Å²) in [5.74, 6) is 0.282. The standard InChI is InChI=1S/C22H15Cl2NO3/c23-13-3-7-17(21(28)9-13)22-18(12-1-4-14(26)5-2-12)11-20(25-22)16-8-6-15(27)10-19(16)24/h1-11,25-28H. The Balaban J connectivity index is 1.95. The van der Waals surface area contributed by atoms with Gasteiger partial charge in [0.15, 0.2) is 0 Å². The molecule has 4 N–H and O–H groups in total. The van der Waals surface area contributed by atoms with E-state index < -0.39 is 0 Å². The summed E-state index contributed by atoms with van der Waals surface area (Å²) < 4.78 is 0. The molecule has 6 heteroatoms. The molecule has 0 saturated heterocycles. The number of benzene rings is 3. The van der Waals surface area contributed by atoms with Crippen LogP contribution in [-0.2, 0) is 0 Å². The molecule has 0 amide bonds. The van der Waals surface area contributed by atoms with E-state index in [4.69, 9.17) is 23.2 Å². The van der Waals surface area contributed by atoms with Gasteiger partial charge in [-0.3, -0.25) is 0 Å². The lowest BCUT2D eigenvalue weighted by molar-refractivity contribution is 0.475. The molecular formula is C22H15Cl2NO3. The van der Waals surface area contributed by atoms with Crippen LogP contribution in [-0.4, -0.2) is 20.3 Å². The first kappa shape index (κ1) is 18.3. The van der Waals surface area contributed by atoms with Gasteiger partial charge in [0.25, 0.3) is 0 Å². The highest BCUT2D eigenvalue weighted by atomic mass is 35.5. The predicted molar refractivity (Wildman–Crippen MR) is 112 cm³/mol. The Hall–Kier alpha value is -3.08. The summed E-state index contributed by atoms with van der Waals surface area (Å²) in [5, 5.41) is 30.5. The molecule has 28 heavy (non-hydrogen) atoms. The quantitative estimate of drug-likeness (QED) is 0.313. The number of aromatic hydroxyl groups is 3. The summed E-state index contributed by atoms with van der Waals surface area (Å²) in [7, 11) is 0. The number of hydrogen-bond donors (Lipinski definition) is 4. The summed E-state index contributed by atoms with van der Waals surface area (Å²) in [5.41, 5.74) is 4.35. The van der Waals surface area contributed by atoms with Gasteiger partial charge < -0.3 is 20.3 Å². The summed E-state index contributed by atoms with van der Waals surface area (Å²) in [6.07, 6.45) is 0. The molecule has 0 aliphatic carbocycles. The van der Waals surface area contributed by atoms with Gasteiger partial charge in [0.05, 0.1) is 10.7 Å². The lowest BCUT2D eigenvalue weighted by Gasteiger charge is -2.08. The number of H-pyrrole nitrogens is 1. The van der Waals surface area contributed by atoms with Crippen molar-refractivity contribution in [3.8, 4) is 50.9 Å². The molecule has 3 aromatic carbocycles. The number of phenols is 3. The van der Waals surface area contributed by atoms with Crippen molar-refractivity contribution in [1.29, 1.82) is 0 Å². The third-order valence-corrected chi connectivity index (χ3v) is 5.02. The zero-order valence-electron chi connectivity index (χ0n) is 14.4. The first-order valence-corrected chi connectivity index (χ1v) is 9.18. The molecule has 0 spiro atoms. The molecule has 0 bridgehead atoms. The zero-order chi connectivity index (χ0) is 19.8. The van der Waals surface area contributed by atoms with Crippen LogP contribution < -0.4 is 0 Å². The van der Waals surface area contributed by atoms with Crippen LogP contribution in [0.2, 0.25) is 10.0 Å². The van der Waals surface area contributed by atoms with Gasteiger partial charge in [0.1, 0.15) is 17.2 Å². The minimum absolute atomic E-state index is 0.0396. The van der Waals surface area contributed by atoms with E-state index in [2.05, 4.69) is 4.98 Å². The molecular weight excluding hydrogens is 397 g/mol. The van der Waals surface area contributed by atoms with Gasteiger partial charge in [0, 0.05) is 27.4 Å². The Bertz CT molecular complexity index is 1170. The molecule has 140 valence electrons. The zero-order valence-corrected chi connectivity index (χ0v) is 16.0. The lowest BCUT2D eigenvalue weighted by Crippen LogP contribution is -1.84. The molecule has 1 aromatic heterocycles. The summed E-state index contributed by atoms with van der Waals surface area (Å²) >= 11 is 12.3. The van der Waals surface area contributed by atoms with Crippen molar-refractivity contribution >= 4 is 23.2 Å². The molecule has 4 nitrogen and oxygen atoms in total. The fourth-order valence-corrected chi connectivity index (χ4v) is 3.56. The monoisotopic (exact) mass is 411 g/mol. The van der Waals surface area contributed by atoms with Crippen molar-refractivity contribution in [2.75, 3.05) is 0 Å². The maximum atomic E-state index is 10.4. The van der Waals surface area contributed by atoms with Gasteiger partial charge in [-0.25, -0.2) is 0 Å². The summed E-state index contributed by atoms with van der Waals surface area (Å²) in [6, 6.07) is 18.3. The molecule has 0 unspecified atom stereocenters. The van der Waals surface area contributed by atoms with Crippen LogP contribution in [0.25, 0.3) is 33.6 Å². The number of halogens is 2. The Morgan fingerprint density at radius 1 is 0.643 bits per heavy atom. The molecule has 4 aromatic rings. The maximum Gasteiger partial charge on any atom is 0.126 e. The highest BCUT2D eigenvalue weighted by Crippen LogP contribution is 2.42. The van der Waals surface area contributed by atoms with Gasteiger partial charge in [0.2, 0.25) is 0 Å². The topological polar surface area (TPSA) is 76.5 Å². The number of nitrogens with one attached hydrogen (secondary N) is 1. The second kappa shape index (κ2) is 7.15. The van der Waals surface area contributed by atoms with Gasteiger partial charge in [-0.1, -0.05) is 35.3 Å². The minimum atomic E-state index is 0.0396. The number of aromatic amines is 1. The van der Waals surface area contributed by atoms with E-state index in [1.54, 1.807) is 48.5 Å². The Morgan fingerprint density at radius 2 is 1.32 bits per heavy atom. The van der Waals surface area contributed by atoms with E-state index in [-0.39, 0.29) is 17.2 Å². The third-order valence-electron chi connectivity index (χ3n) is 4.47. The average molecular weight is 412 g/mol. The molecule has 4 rings (SSSR count). The fourth-order valence-electron chi connectivity index (χ4n) is 3.12. The van der Waals surface area contributed by atoms with Gasteiger partial charge in [-0.2, -0.15) is 0 Å². The van der Waals surface area contributed by atoms with Crippen LogP contribution in [0.1, 0.15) is 0 Å². The highest BCUT2D eigenvalue weighted by Gasteiger charge is 2.17. The van der Waals surface area contributed by atoms with Crippen molar-refractivity contribution in [2.24, 2.45) is 0 Å².